The van der Waals surface area contributed by atoms with Crippen LogP contribution in [0.25, 0.3) is 0 Å². The molecule has 0 N–H and O–H groups in total. The molecule has 0 aliphatic rings. The Morgan fingerprint density at radius 3 is 2.17 bits per heavy atom. The minimum Gasteiger partial charge on any atom is -0.206 e. The SMILES string of the molecule is Cc1ccc(C(F)(F)F)c(F)c1. The lowest BCUT2D eigenvalue weighted by atomic mass is 10.1. The molecule has 0 saturated carbocycles. The molecule has 1 aromatic rings. The van der Waals surface area contributed by atoms with Crippen LogP contribution in [0.15, 0.2) is 18.2 Å². The third kappa shape index (κ3) is 1.75. The lowest BCUT2D eigenvalue weighted by Gasteiger charge is -2.07. The normalized spacial score (nSPS) is 11.8. The van der Waals surface area contributed by atoms with Crippen LogP contribution in [0, 0.1) is 12.7 Å². The molecule has 0 nitrogen and oxygen atoms in total. The molecule has 1 rings (SSSR count). The van der Waals surface area contributed by atoms with Gasteiger partial charge in [-0.1, -0.05) is 6.07 Å². The van der Waals surface area contributed by atoms with Gasteiger partial charge in [-0.2, -0.15) is 13.2 Å². The van der Waals surface area contributed by atoms with Crippen molar-refractivity contribution in [3.05, 3.63) is 35.1 Å². The second-order valence-corrected chi connectivity index (χ2v) is 2.48. The van der Waals surface area contributed by atoms with E-state index in [0.717, 1.165) is 12.1 Å². The van der Waals surface area contributed by atoms with Crippen LogP contribution in [0.5, 0.6) is 0 Å². The van der Waals surface area contributed by atoms with Crippen LogP contribution in [0.1, 0.15) is 11.1 Å². The maximum Gasteiger partial charge on any atom is 0.419 e. The molecule has 0 spiro atoms. The van der Waals surface area contributed by atoms with Crippen molar-refractivity contribution < 1.29 is 17.6 Å². The fraction of sp³-hybridized carbons (Fsp3) is 0.250. The Bertz CT molecular complexity index is 288. The molecule has 0 aliphatic carbocycles. The van der Waals surface area contributed by atoms with Gasteiger partial charge in [-0.05, 0) is 24.6 Å². The third-order valence-corrected chi connectivity index (χ3v) is 1.43. The van der Waals surface area contributed by atoms with Crippen molar-refractivity contribution in [2.75, 3.05) is 0 Å². The summed E-state index contributed by atoms with van der Waals surface area (Å²) in [5.74, 6) is -1.22. The largest absolute Gasteiger partial charge is 0.419 e. The lowest BCUT2D eigenvalue weighted by molar-refractivity contribution is -0.140. The van der Waals surface area contributed by atoms with Gasteiger partial charge >= 0.3 is 6.18 Å². The zero-order valence-electron chi connectivity index (χ0n) is 6.24. The Morgan fingerprint density at radius 1 is 1.17 bits per heavy atom. The van der Waals surface area contributed by atoms with Crippen LogP contribution in [-0.4, -0.2) is 0 Å². The molecule has 0 heterocycles. The van der Waals surface area contributed by atoms with Crippen molar-refractivity contribution in [1.29, 1.82) is 0 Å². The van der Waals surface area contributed by atoms with E-state index in [1.54, 1.807) is 0 Å². The van der Waals surface area contributed by atoms with Gasteiger partial charge in [0.2, 0.25) is 0 Å². The Morgan fingerprint density at radius 2 is 1.75 bits per heavy atom. The van der Waals surface area contributed by atoms with Crippen molar-refractivity contribution in [2.45, 2.75) is 13.1 Å². The summed E-state index contributed by atoms with van der Waals surface area (Å²) in [6.45, 7) is 1.53. The van der Waals surface area contributed by atoms with Crippen LogP contribution in [0.4, 0.5) is 17.6 Å². The van der Waals surface area contributed by atoms with Crippen molar-refractivity contribution in [1.82, 2.24) is 0 Å². The van der Waals surface area contributed by atoms with Gasteiger partial charge in [0, 0.05) is 0 Å². The Balaban J connectivity index is 3.19. The van der Waals surface area contributed by atoms with Crippen molar-refractivity contribution in [3.63, 3.8) is 0 Å². The van der Waals surface area contributed by atoms with E-state index >= 15 is 0 Å². The van der Waals surface area contributed by atoms with Crippen LogP contribution in [0.2, 0.25) is 0 Å². The maximum absolute atomic E-state index is 12.6. The highest BCUT2D eigenvalue weighted by atomic mass is 19.4. The highest BCUT2D eigenvalue weighted by Gasteiger charge is 2.33. The molecular weight excluding hydrogens is 172 g/mol. The quantitative estimate of drug-likeness (QED) is 0.535. The highest BCUT2D eigenvalue weighted by molar-refractivity contribution is 5.25. The zero-order chi connectivity index (χ0) is 9.35. The minimum absolute atomic E-state index is 0.473. The van der Waals surface area contributed by atoms with E-state index in [-0.39, 0.29) is 0 Å². The molecule has 0 fully saturated rings. The van der Waals surface area contributed by atoms with Crippen LogP contribution < -0.4 is 0 Å². The first-order valence-corrected chi connectivity index (χ1v) is 3.24. The fourth-order valence-electron chi connectivity index (χ4n) is 0.850. The summed E-state index contributed by atoms with van der Waals surface area (Å²) >= 11 is 0. The number of hydrogen-bond acceptors (Lipinski definition) is 0. The van der Waals surface area contributed by atoms with Gasteiger partial charge in [-0.3, -0.25) is 0 Å². The standard InChI is InChI=1S/C8H6F4/c1-5-2-3-6(7(9)4-5)8(10,11)12/h2-4H,1H3. The lowest BCUT2D eigenvalue weighted by Crippen LogP contribution is -2.07. The summed E-state index contributed by atoms with van der Waals surface area (Å²) in [6, 6.07) is 2.83. The zero-order valence-corrected chi connectivity index (χ0v) is 6.24. The molecule has 4 heteroatoms. The van der Waals surface area contributed by atoms with E-state index in [1.165, 1.54) is 13.0 Å². The monoisotopic (exact) mass is 178 g/mol. The first-order valence-electron chi connectivity index (χ1n) is 3.24. The number of rotatable bonds is 0. The number of aryl methyl sites for hydroxylation is 1. The van der Waals surface area contributed by atoms with E-state index < -0.39 is 17.6 Å². The summed E-state index contributed by atoms with van der Waals surface area (Å²) in [4.78, 5) is 0. The van der Waals surface area contributed by atoms with Crippen molar-refractivity contribution in [3.8, 4) is 0 Å². The number of halogens is 4. The van der Waals surface area contributed by atoms with Crippen LogP contribution >= 0.6 is 0 Å². The first kappa shape index (κ1) is 9.03. The molecule has 0 saturated heterocycles. The minimum atomic E-state index is -4.60. The van der Waals surface area contributed by atoms with Gasteiger partial charge in [0.1, 0.15) is 5.82 Å². The van der Waals surface area contributed by atoms with Gasteiger partial charge in [-0.25, -0.2) is 4.39 Å². The summed E-state index contributed by atoms with van der Waals surface area (Å²) in [7, 11) is 0. The number of alkyl halides is 3. The Labute approximate surface area is 66.8 Å². The number of benzene rings is 1. The van der Waals surface area contributed by atoms with Gasteiger partial charge in [0.05, 0.1) is 5.56 Å². The molecule has 0 amide bonds. The Hall–Kier alpha value is -1.06. The van der Waals surface area contributed by atoms with E-state index in [1.807, 2.05) is 0 Å². The molecule has 0 unspecified atom stereocenters. The second kappa shape index (κ2) is 2.77. The predicted octanol–water partition coefficient (Wildman–Crippen LogP) is 3.15. The summed E-state index contributed by atoms with van der Waals surface area (Å²) in [6.07, 6.45) is -4.60. The third-order valence-electron chi connectivity index (χ3n) is 1.43. The van der Waals surface area contributed by atoms with E-state index in [2.05, 4.69) is 0 Å². The van der Waals surface area contributed by atoms with Gasteiger partial charge in [0.25, 0.3) is 0 Å². The van der Waals surface area contributed by atoms with Crippen LogP contribution in [-0.2, 0) is 6.18 Å². The van der Waals surface area contributed by atoms with Gasteiger partial charge < -0.3 is 0 Å². The smallest absolute Gasteiger partial charge is 0.206 e. The highest BCUT2D eigenvalue weighted by Crippen LogP contribution is 2.31. The predicted molar refractivity (Wildman–Crippen MR) is 36.1 cm³/mol. The number of hydrogen-bond donors (Lipinski definition) is 0. The molecule has 0 aliphatic heterocycles. The molecule has 0 aromatic heterocycles. The van der Waals surface area contributed by atoms with Crippen LogP contribution in [0.3, 0.4) is 0 Å². The molecule has 66 valence electrons. The van der Waals surface area contributed by atoms with Gasteiger partial charge in [-0.15, -0.1) is 0 Å². The van der Waals surface area contributed by atoms with E-state index in [0.29, 0.717) is 5.56 Å². The molecular formula is C8H6F4. The van der Waals surface area contributed by atoms with Crippen molar-refractivity contribution in [2.24, 2.45) is 0 Å². The molecule has 0 bridgehead atoms. The maximum atomic E-state index is 12.6. The second-order valence-electron chi connectivity index (χ2n) is 2.48. The molecule has 12 heavy (non-hydrogen) atoms. The molecule has 0 radical (unpaired) electrons. The Kier molecular flexibility index (Phi) is 2.08. The summed E-state index contributed by atoms with van der Waals surface area (Å²) in [5.41, 5.74) is -0.742. The average molecular weight is 178 g/mol. The topological polar surface area (TPSA) is 0 Å². The van der Waals surface area contributed by atoms with E-state index in [4.69, 9.17) is 0 Å². The fourth-order valence-corrected chi connectivity index (χ4v) is 0.850. The first-order chi connectivity index (χ1) is 5.41. The average Bonchev–Trinajstić information content (AvgIpc) is 1.83. The summed E-state index contributed by atoms with van der Waals surface area (Å²) in [5, 5.41) is 0. The molecule has 1 aromatic carbocycles. The van der Waals surface area contributed by atoms with Crippen molar-refractivity contribution >= 4 is 0 Å². The summed E-state index contributed by atoms with van der Waals surface area (Å²) < 4.78 is 48.4. The van der Waals surface area contributed by atoms with Gasteiger partial charge in [0.15, 0.2) is 0 Å². The van der Waals surface area contributed by atoms with E-state index in [9.17, 15) is 17.6 Å². The molecule has 0 atom stereocenters.